The molecule has 0 saturated carbocycles. The van der Waals surface area contributed by atoms with Crippen LogP contribution < -0.4 is 0 Å². The third-order valence-electron chi connectivity index (χ3n) is 5.98. The number of aromatic amines is 2. The number of H-pyrrole nitrogens is 2. The molecule has 4 nitrogen and oxygen atoms in total. The first-order valence-electron chi connectivity index (χ1n) is 11.2. The van der Waals surface area contributed by atoms with Crippen LogP contribution in [0.15, 0.2) is 84.9 Å². The second kappa shape index (κ2) is 8.67. The Balaban J connectivity index is 1.58. The largest absolute Gasteiger partial charge is 0.277 e. The lowest BCUT2D eigenvalue weighted by Gasteiger charge is -2.07. The first-order valence-corrected chi connectivity index (χ1v) is 11.2. The van der Waals surface area contributed by atoms with Crippen molar-refractivity contribution in [2.24, 2.45) is 0 Å². The van der Waals surface area contributed by atoms with Gasteiger partial charge in [0.2, 0.25) is 0 Å². The van der Waals surface area contributed by atoms with Gasteiger partial charge in [0, 0.05) is 22.3 Å². The van der Waals surface area contributed by atoms with Gasteiger partial charge in [0.25, 0.3) is 0 Å². The Kier molecular flexibility index (Phi) is 5.42. The van der Waals surface area contributed by atoms with E-state index < -0.39 is 0 Å². The second-order valence-electron chi connectivity index (χ2n) is 7.87. The number of nitrogens with zero attached hydrogens (tertiary/aromatic N) is 2. The lowest BCUT2D eigenvalue weighted by Crippen LogP contribution is -1.90. The molecule has 2 N–H and O–H groups in total. The Bertz CT molecular complexity index is 1230. The van der Waals surface area contributed by atoms with E-state index in [2.05, 4.69) is 96.8 Å². The van der Waals surface area contributed by atoms with E-state index in [1.807, 2.05) is 12.1 Å². The van der Waals surface area contributed by atoms with Gasteiger partial charge in [-0.2, -0.15) is 10.2 Å². The van der Waals surface area contributed by atoms with Gasteiger partial charge in [-0.1, -0.05) is 92.7 Å². The first kappa shape index (κ1) is 20.0. The maximum atomic E-state index is 4.71. The van der Waals surface area contributed by atoms with Gasteiger partial charge in [0.15, 0.2) is 0 Å². The highest BCUT2D eigenvalue weighted by Gasteiger charge is 2.18. The van der Waals surface area contributed by atoms with Gasteiger partial charge in [0.1, 0.15) is 0 Å². The van der Waals surface area contributed by atoms with Crippen molar-refractivity contribution in [3.8, 4) is 45.0 Å². The molecule has 0 saturated heterocycles. The summed E-state index contributed by atoms with van der Waals surface area (Å²) >= 11 is 0. The summed E-state index contributed by atoms with van der Waals surface area (Å²) in [4.78, 5) is 0. The molecule has 4 heteroatoms. The van der Waals surface area contributed by atoms with Crippen LogP contribution in [0.2, 0.25) is 0 Å². The molecule has 0 fully saturated rings. The fraction of sp³-hybridized carbons (Fsp3) is 0.143. The molecule has 2 heterocycles. The molecule has 0 amide bonds. The van der Waals surface area contributed by atoms with Crippen LogP contribution in [-0.4, -0.2) is 20.4 Å². The fourth-order valence-corrected chi connectivity index (χ4v) is 4.40. The van der Waals surface area contributed by atoms with Crippen molar-refractivity contribution in [2.75, 3.05) is 0 Å². The highest BCUT2D eigenvalue weighted by atomic mass is 15.1. The molecule has 158 valence electrons. The Morgan fingerprint density at radius 1 is 0.531 bits per heavy atom. The van der Waals surface area contributed by atoms with Crippen LogP contribution in [0.3, 0.4) is 0 Å². The first-order chi connectivity index (χ1) is 15.8. The van der Waals surface area contributed by atoms with E-state index in [1.54, 1.807) is 0 Å². The van der Waals surface area contributed by atoms with Crippen molar-refractivity contribution in [3.05, 3.63) is 96.1 Å². The van der Waals surface area contributed by atoms with E-state index in [4.69, 9.17) is 10.2 Å². The summed E-state index contributed by atoms with van der Waals surface area (Å²) in [6, 6.07) is 29.3. The van der Waals surface area contributed by atoms with Gasteiger partial charge < -0.3 is 0 Å². The summed E-state index contributed by atoms with van der Waals surface area (Å²) < 4.78 is 0. The minimum Gasteiger partial charge on any atom is -0.277 e. The zero-order chi connectivity index (χ0) is 21.9. The molecule has 0 radical (unpaired) electrons. The zero-order valence-electron chi connectivity index (χ0n) is 18.4. The average molecular weight is 419 g/mol. The molecule has 0 aliphatic rings. The number of aromatic nitrogens is 4. The van der Waals surface area contributed by atoms with E-state index in [0.29, 0.717) is 0 Å². The zero-order valence-corrected chi connectivity index (χ0v) is 18.4. The minimum atomic E-state index is 0.904. The molecule has 0 aliphatic heterocycles. The average Bonchev–Trinajstić information content (AvgIpc) is 3.49. The van der Waals surface area contributed by atoms with Crippen molar-refractivity contribution >= 4 is 0 Å². The van der Waals surface area contributed by atoms with Gasteiger partial charge in [-0.3, -0.25) is 10.2 Å². The fourth-order valence-electron chi connectivity index (χ4n) is 4.40. The second-order valence-corrected chi connectivity index (χ2v) is 7.87. The van der Waals surface area contributed by atoms with Gasteiger partial charge >= 0.3 is 0 Å². The van der Waals surface area contributed by atoms with Gasteiger partial charge in [-0.15, -0.1) is 0 Å². The summed E-state index contributed by atoms with van der Waals surface area (Å²) in [7, 11) is 0. The summed E-state index contributed by atoms with van der Waals surface area (Å²) in [5.74, 6) is 0. The molecule has 3 aromatic carbocycles. The Labute approximate surface area is 188 Å². The number of rotatable bonds is 6. The molecular weight excluding hydrogens is 392 g/mol. The van der Waals surface area contributed by atoms with Gasteiger partial charge in [0.05, 0.1) is 22.8 Å². The normalized spacial score (nSPS) is 11.1. The molecule has 0 spiro atoms. The van der Waals surface area contributed by atoms with Crippen LogP contribution in [0.4, 0.5) is 0 Å². The van der Waals surface area contributed by atoms with Crippen LogP contribution in [-0.2, 0) is 12.8 Å². The summed E-state index contributed by atoms with van der Waals surface area (Å²) in [6.45, 7) is 4.36. The Hall–Kier alpha value is -3.92. The third kappa shape index (κ3) is 3.54. The highest BCUT2D eigenvalue weighted by Crippen LogP contribution is 2.35. The lowest BCUT2D eigenvalue weighted by atomic mass is 9.96. The van der Waals surface area contributed by atoms with E-state index in [1.165, 1.54) is 11.1 Å². The van der Waals surface area contributed by atoms with Crippen molar-refractivity contribution in [1.82, 2.24) is 20.4 Å². The van der Waals surface area contributed by atoms with Crippen molar-refractivity contribution < 1.29 is 0 Å². The van der Waals surface area contributed by atoms with E-state index in [-0.39, 0.29) is 0 Å². The van der Waals surface area contributed by atoms with E-state index in [9.17, 15) is 0 Å². The predicted molar refractivity (Wildman–Crippen MR) is 131 cm³/mol. The number of nitrogens with one attached hydrogen (secondary N) is 2. The van der Waals surface area contributed by atoms with Crippen LogP contribution in [0.1, 0.15) is 25.0 Å². The Morgan fingerprint density at radius 2 is 0.938 bits per heavy atom. The molecule has 0 bridgehead atoms. The van der Waals surface area contributed by atoms with Gasteiger partial charge in [-0.25, -0.2) is 0 Å². The highest BCUT2D eigenvalue weighted by molar-refractivity contribution is 5.79. The molecular formula is C28H26N4. The molecule has 32 heavy (non-hydrogen) atoms. The maximum Gasteiger partial charge on any atom is 0.0959 e. The molecule has 5 rings (SSSR count). The SMILES string of the molecule is CCc1c(-c2cccc(-c3n[nH]c(-c4ccccc4)c3CC)c2)n[nH]c1-c1ccccc1. The van der Waals surface area contributed by atoms with E-state index in [0.717, 1.165) is 57.9 Å². The quantitative estimate of drug-likeness (QED) is 0.314. The number of benzene rings is 3. The maximum absolute atomic E-state index is 4.71. The van der Waals surface area contributed by atoms with Crippen LogP contribution in [0.25, 0.3) is 45.0 Å². The molecule has 5 aromatic rings. The monoisotopic (exact) mass is 418 g/mol. The molecule has 0 aliphatic carbocycles. The lowest BCUT2D eigenvalue weighted by molar-refractivity contribution is 1.10. The molecule has 2 aromatic heterocycles. The van der Waals surface area contributed by atoms with Crippen LogP contribution >= 0.6 is 0 Å². The molecule has 0 atom stereocenters. The van der Waals surface area contributed by atoms with Gasteiger partial charge in [-0.05, 0) is 30.0 Å². The topological polar surface area (TPSA) is 57.4 Å². The third-order valence-corrected chi connectivity index (χ3v) is 5.98. The smallest absolute Gasteiger partial charge is 0.0959 e. The van der Waals surface area contributed by atoms with Crippen LogP contribution in [0.5, 0.6) is 0 Å². The van der Waals surface area contributed by atoms with Crippen molar-refractivity contribution in [1.29, 1.82) is 0 Å². The number of hydrogen-bond donors (Lipinski definition) is 2. The van der Waals surface area contributed by atoms with E-state index >= 15 is 0 Å². The summed E-state index contributed by atoms with van der Waals surface area (Å²) in [6.07, 6.45) is 1.81. The standard InChI is InChI=1S/C28H26N4/c1-3-23-25(19-12-7-5-8-13-19)29-31-27(23)21-16-11-17-22(18-21)28-24(4-2)26(30-32-28)20-14-9-6-10-15-20/h5-18H,3-4H2,1-2H3,(H,29,31)(H,30,32). The Morgan fingerprint density at radius 3 is 1.34 bits per heavy atom. The minimum absolute atomic E-state index is 0.904. The number of hydrogen-bond acceptors (Lipinski definition) is 2. The molecule has 0 unspecified atom stereocenters. The van der Waals surface area contributed by atoms with Crippen LogP contribution in [0, 0.1) is 0 Å². The van der Waals surface area contributed by atoms with Crippen molar-refractivity contribution in [3.63, 3.8) is 0 Å². The summed E-state index contributed by atoms with van der Waals surface area (Å²) in [5, 5.41) is 16.0. The predicted octanol–water partition coefficient (Wildman–Crippen LogP) is 6.93. The summed E-state index contributed by atoms with van der Waals surface area (Å²) in [5.41, 5.74) is 11.2. The van der Waals surface area contributed by atoms with Crippen molar-refractivity contribution in [2.45, 2.75) is 26.7 Å².